The molecular formula is C16H9Cl2IN2O2. The molecule has 23 heavy (non-hydrogen) atoms. The fraction of sp³-hybridized carbons (Fsp3) is 0. The van der Waals surface area contributed by atoms with Crippen molar-refractivity contribution in [3.63, 3.8) is 0 Å². The normalized spacial score (nSPS) is 11.0. The van der Waals surface area contributed by atoms with E-state index in [2.05, 4.69) is 5.32 Å². The van der Waals surface area contributed by atoms with Crippen molar-refractivity contribution in [3.05, 3.63) is 61.2 Å². The predicted octanol–water partition coefficient (Wildman–Crippen LogP) is 4.85. The number of anilines is 1. The highest BCUT2D eigenvalue weighted by Crippen LogP contribution is 2.30. The molecule has 116 valence electrons. The van der Waals surface area contributed by atoms with E-state index < -0.39 is 5.91 Å². The van der Waals surface area contributed by atoms with E-state index in [1.807, 2.05) is 28.7 Å². The second-order valence-electron chi connectivity index (χ2n) is 4.44. The first-order valence-corrected chi connectivity index (χ1v) is 8.11. The van der Waals surface area contributed by atoms with Crippen LogP contribution in [0.5, 0.6) is 5.75 Å². The SMILES string of the molecule is N#C/C(=C/c1ccc(O)c(I)c1)C(=O)Nc1cccc(Cl)c1Cl. The summed E-state index contributed by atoms with van der Waals surface area (Å²) in [6.07, 6.45) is 1.43. The summed E-state index contributed by atoms with van der Waals surface area (Å²) in [5.41, 5.74) is 0.851. The molecule has 4 nitrogen and oxygen atoms in total. The molecule has 7 heteroatoms. The van der Waals surface area contributed by atoms with Crippen molar-refractivity contribution in [2.24, 2.45) is 0 Å². The molecule has 0 aliphatic carbocycles. The van der Waals surface area contributed by atoms with Crippen LogP contribution in [-0.2, 0) is 4.79 Å². The van der Waals surface area contributed by atoms with Crippen LogP contribution in [0, 0.1) is 14.9 Å². The van der Waals surface area contributed by atoms with E-state index in [1.165, 1.54) is 12.1 Å². The van der Waals surface area contributed by atoms with E-state index in [9.17, 15) is 15.2 Å². The maximum absolute atomic E-state index is 12.2. The zero-order valence-corrected chi connectivity index (χ0v) is 15.1. The van der Waals surface area contributed by atoms with Gasteiger partial charge >= 0.3 is 0 Å². The van der Waals surface area contributed by atoms with Gasteiger partial charge in [-0.2, -0.15) is 5.26 Å². The molecule has 0 radical (unpaired) electrons. The minimum Gasteiger partial charge on any atom is -0.507 e. The number of halogens is 3. The van der Waals surface area contributed by atoms with Gasteiger partial charge in [0.1, 0.15) is 17.4 Å². The summed E-state index contributed by atoms with van der Waals surface area (Å²) in [6, 6.07) is 11.4. The Bertz CT molecular complexity index is 844. The molecule has 0 unspecified atom stereocenters. The fourth-order valence-electron chi connectivity index (χ4n) is 1.72. The van der Waals surface area contributed by atoms with Crippen molar-refractivity contribution >= 4 is 63.5 Å². The van der Waals surface area contributed by atoms with E-state index in [-0.39, 0.29) is 16.3 Å². The molecule has 2 aromatic rings. The van der Waals surface area contributed by atoms with Crippen LogP contribution in [0.3, 0.4) is 0 Å². The summed E-state index contributed by atoms with van der Waals surface area (Å²) in [5.74, 6) is -0.462. The number of amides is 1. The van der Waals surface area contributed by atoms with Gasteiger partial charge < -0.3 is 10.4 Å². The highest BCUT2D eigenvalue weighted by molar-refractivity contribution is 14.1. The molecule has 0 atom stereocenters. The average Bonchev–Trinajstić information content (AvgIpc) is 2.52. The molecule has 2 rings (SSSR count). The maximum atomic E-state index is 12.2. The summed E-state index contributed by atoms with van der Waals surface area (Å²) >= 11 is 13.8. The lowest BCUT2D eigenvalue weighted by atomic mass is 10.1. The standard InChI is InChI=1S/C16H9Cl2IN2O2/c17-11-2-1-3-13(15(11)18)21-16(23)10(8-20)6-9-4-5-14(22)12(19)7-9/h1-7,22H,(H,21,23)/b10-6-. The van der Waals surface area contributed by atoms with E-state index in [4.69, 9.17) is 23.2 Å². The van der Waals surface area contributed by atoms with Crippen molar-refractivity contribution in [2.75, 3.05) is 5.32 Å². The summed E-state index contributed by atoms with van der Waals surface area (Å²) in [6.45, 7) is 0. The van der Waals surface area contributed by atoms with Gasteiger partial charge in [-0.3, -0.25) is 4.79 Å². The van der Waals surface area contributed by atoms with E-state index in [1.54, 1.807) is 30.3 Å². The Morgan fingerprint density at radius 2 is 2.04 bits per heavy atom. The van der Waals surface area contributed by atoms with Crippen molar-refractivity contribution in [1.29, 1.82) is 5.26 Å². The lowest BCUT2D eigenvalue weighted by Crippen LogP contribution is -2.13. The third-order valence-electron chi connectivity index (χ3n) is 2.85. The van der Waals surface area contributed by atoms with Gasteiger partial charge in [0.25, 0.3) is 5.91 Å². The number of carbonyl (C=O) groups excluding carboxylic acids is 1. The highest BCUT2D eigenvalue weighted by Gasteiger charge is 2.13. The minimum atomic E-state index is -0.597. The van der Waals surface area contributed by atoms with Gasteiger partial charge in [0.2, 0.25) is 0 Å². The van der Waals surface area contributed by atoms with Gasteiger partial charge in [-0.1, -0.05) is 35.3 Å². The van der Waals surface area contributed by atoms with Crippen LogP contribution < -0.4 is 5.32 Å². The molecule has 2 N–H and O–H groups in total. The zero-order chi connectivity index (χ0) is 17.0. The number of aromatic hydroxyl groups is 1. The molecule has 0 fully saturated rings. The number of benzene rings is 2. The first-order valence-electron chi connectivity index (χ1n) is 6.28. The topological polar surface area (TPSA) is 73.1 Å². The number of nitrogens with one attached hydrogen (secondary N) is 1. The van der Waals surface area contributed by atoms with Crippen LogP contribution in [0.15, 0.2) is 42.0 Å². The second kappa shape index (κ2) is 7.68. The second-order valence-corrected chi connectivity index (χ2v) is 6.38. The Labute approximate surface area is 156 Å². The number of nitriles is 1. The fourth-order valence-corrected chi connectivity index (χ4v) is 2.61. The van der Waals surface area contributed by atoms with Crippen LogP contribution in [0.4, 0.5) is 5.69 Å². The molecule has 2 aromatic carbocycles. The monoisotopic (exact) mass is 458 g/mol. The highest BCUT2D eigenvalue weighted by atomic mass is 127. The summed E-state index contributed by atoms with van der Waals surface area (Å²) in [7, 11) is 0. The molecule has 1 amide bonds. The number of phenolic OH excluding ortho intramolecular Hbond substituents is 1. The van der Waals surface area contributed by atoms with Gasteiger partial charge in [-0.15, -0.1) is 0 Å². The minimum absolute atomic E-state index is 0.0949. The third-order valence-corrected chi connectivity index (χ3v) is 4.53. The van der Waals surface area contributed by atoms with E-state index in [0.29, 0.717) is 19.8 Å². The number of hydrogen-bond donors (Lipinski definition) is 2. The van der Waals surface area contributed by atoms with E-state index >= 15 is 0 Å². The number of carbonyl (C=O) groups is 1. The van der Waals surface area contributed by atoms with Crippen molar-refractivity contribution < 1.29 is 9.90 Å². The van der Waals surface area contributed by atoms with Crippen LogP contribution >= 0.6 is 45.8 Å². The number of nitrogens with zero attached hydrogens (tertiary/aromatic N) is 1. The van der Waals surface area contributed by atoms with Crippen molar-refractivity contribution in [1.82, 2.24) is 0 Å². The lowest BCUT2D eigenvalue weighted by Gasteiger charge is -2.07. The summed E-state index contributed by atoms with van der Waals surface area (Å²) in [4.78, 5) is 12.2. The molecule has 0 aliphatic heterocycles. The largest absolute Gasteiger partial charge is 0.507 e. The van der Waals surface area contributed by atoms with Gasteiger partial charge in [0, 0.05) is 0 Å². The third kappa shape index (κ3) is 4.38. The lowest BCUT2D eigenvalue weighted by molar-refractivity contribution is -0.112. The first kappa shape index (κ1) is 17.6. The molecule has 0 bridgehead atoms. The smallest absolute Gasteiger partial charge is 0.266 e. The van der Waals surface area contributed by atoms with Gasteiger partial charge in [-0.25, -0.2) is 0 Å². The Balaban J connectivity index is 2.28. The molecule has 0 aromatic heterocycles. The molecule has 0 saturated carbocycles. The summed E-state index contributed by atoms with van der Waals surface area (Å²) < 4.78 is 0.618. The number of rotatable bonds is 3. The Kier molecular flexibility index (Phi) is 5.88. The van der Waals surface area contributed by atoms with Crippen molar-refractivity contribution in [3.8, 4) is 11.8 Å². The Morgan fingerprint density at radius 3 is 2.70 bits per heavy atom. The van der Waals surface area contributed by atoms with Crippen molar-refractivity contribution in [2.45, 2.75) is 0 Å². The van der Waals surface area contributed by atoms with Crippen LogP contribution in [0.2, 0.25) is 10.0 Å². The molecular weight excluding hydrogens is 450 g/mol. The first-order chi connectivity index (χ1) is 10.9. The van der Waals surface area contributed by atoms with Crippen LogP contribution in [0.1, 0.15) is 5.56 Å². The Hall–Kier alpha value is -1.75. The van der Waals surface area contributed by atoms with E-state index in [0.717, 1.165) is 0 Å². The van der Waals surface area contributed by atoms with Crippen LogP contribution in [-0.4, -0.2) is 11.0 Å². The quantitative estimate of drug-likeness (QED) is 0.392. The average molecular weight is 459 g/mol. The molecule has 0 spiro atoms. The maximum Gasteiger partial charge on any atom is 0.266 e. The number of phenols is 1. The van der Waals surface area contributed by atoms with Gasteiger partial charge in [0.15, 0.2) is 0 Å². The van der Waals surface area contributed by atoms with Crippen LogP contribution in [0.25, 0.3) is 6.08 Å². The zero-order valence-electron chi connectivity index (χ0n) is 11.5. The molecule has 0 aliphatic rings. The Morgan fingerprint density at radius 1 is 1.30 bits per heavy atom. The molecule has 0 heterocycles. The predicted molar refractivity (Wildman–Crippen MR) is 99.5 cm³/mol. The van der Waals surface area contributed by atoms with Gasteiger partial charge in [-0.05, 0) is 58.5 Å². The number of hydrogen-bond acceptors (Lipinski definition) is 3. The summed E-state index contributed by atoms with van der Waals surface area (Å²) in [5, 5.41) is 21.8. The molecule has 0 saturated heterocycles. The van der Waals surface area contributed by atoms with Gasteiger partial charge in [0.05, 0.1) is 19.3 Å².